The highest BCUT2D eigenvalue weighted by Gasteiger charge is 2.76. The van der Waals surface area contributed by atoms with Gasteiger partial charge < -0.3 is 0 Å². The molecule has 10 atom stereocenters. The standard InChI is InChI=1S/C22H34O6S2/c1-20(8-13-3-2-6-21(9-13,12-20)30(26,27)28)22-10-16(17(11-22)29(23,24)25)18-14-4-5-15(7-14)19(18)22/h13-19H,2-12H2,1H3,(H,23,24,25)(H,26,27,28)/t13?,14?,15?,16?,17?,18?,19?,20-,21?,22?/m0/s1. The molecule has 6 rings (SSSR count). The Morgan fingerprint density at radius 3 is 2.33 bits per heavy atom. The SMILES string of the molecule is C[C@]1(C23CC(C4C5CCC(C5)C42)C(S(=O)(=O)O)C3)CC2CCCC(S(=O)(=O)O)(C2)C1. The molecular formula is C22H34O6S2. The Morgan fingerprint density at radius 2 is 1.63 bits per heavy atom. The average Bonchev–Trinajstić information content (AvgIpc) is 3.38. The predicted molar refractivity (Wildman–Crippen MR) is 112 cm³/mol. The third-order valence-corrected chi connectivity index (χ3v) is 14.1. The molecule has 6 nitrogen and oxygen atoms in total. The molecule has 30 heavy (non-hydrogen) atoms. The molecule has 8 heteroatoms. The molecule has 0 aromatic heterocycles. The maximum Gasteiger partial charge on any atom is 0.270 e. The van der Waals surface area contributed by atoms with E-state index in [4.69, 9.17) is 0 Å². The van der Waals surface area contributed by atoms with Crippen LogP contribution in [-0.2, 0) is 20.2 Å². The Balaban J connectivity index is 1.48. The van der Waals surface area contributed by atoms with Crippen molar-refractivity contribution in [2.75, 3.05) is 0 Å². The lowest BCUT2D eigenvalue weighted by atomic mass is 9.46. The molecule has 0 amide bonds. The summed E-state index contributed by atoms with van der Waals surface area (Å²) >= 11 is 0. The van der Waals surface area contributed by atoms with Crippen molar-refractivity contribution in [2.45, 2.75) is 87.5 Å². The number of hydrogen-bond donors (Lipinski definition) is 2. The van der Waals surface area contributed by atoms with Gasteiger partial charge in [0.15, 0.2) is 0 Å². The van der Waals surface area contributed by atoms with Crippen LogP contribution in [-0.4, -0.2) is 35.9 Å². The molecule has 0 radical (unpaired) electrons. The van der Waals surface area contributed by atoms with Crippen molar-refractivity contribution in [3.05, 3.63) is 0 Å². The van der Waals surface area contributed by atoms with E-state index in [2.05, 4.69) is 6.92 Å². The van der Waals surface area contributed by atoms with Crippen LogP contribution in [0.1, 0.15) is 77.6 Å². The highest BCUT2D eigenvalue weighted by molar-refractivity contribution is 7.87. The van der Waals surface area contributed by atoms with Gasteiger partial charge in [0.05, 0.1) is 10.00 Å². The van der Waals surface area contributed by atoms with Crippen molar-refractivity contribution >= 4 is 20.2 Å². The topological polar surface area (TPSA) is 109 Å². The Hall–Kier alpha value is -0.180. The molecule has 6 aliphatic carbocycles. The van der Waals surface area contributed by atoms with E-state index >= 15 is 0 Å². The quantitative estimate of drug-likeness (QED) is 0.490. The summed E-state index contributed by atoms with van der Waals surface area (Å²) in [6.07, 6.45) is 9.10. The third kappa shape index (κ3) is 2.37. The first-order valence-electron chi connectivity index (χ1n) is 11.8. The zero-order valence-corrected chi connectivity index (χ0v) is 19.3. The largest absolute Gasteiger partial charge is 0.285 e. The summed E-state index contributed by atoms with van der Waals surface area (Å²) in [5, 5.41) is -0.696. The molecule has 6 saturated carbocycles. The minimum Gasteiger partial charge on any atom is -0.285 e. The van der Waals surface area contributed by atoms with Crippen LogP contribution in [0.25, 0.3) is 0 Å². The normalized spacial score (nSPS) is 57.0. The Morgan fingerprint density at radius 1 is 0.900 bits per heavy atom. The van der Waals surface area contributed by atoms with Gasteiger partial charge in [0.2, 0.25) is 0 Å². The lowest BCUT2D eigenvalue weighted by Crippen LogP contribution is -2.58. The summed E-state index contributed by atoms with van der Waals surface area (Å²) in [5.74, 6) is 2.30. The molecular weight excluding hydrogens is 424 g/mol. The second kappa shape index (κ2) is 5.84. The van der Waals surface area contributed by atoms with Crippen molar-refractivity contribution < 1.29 is 25.9 Å². The van der Waals surface area contributed by atoms with E-state index in [0.717, 1.165) is 25.7 Å². The summed E-state index contributed by atoms with van der Waals surface area (Å²) in [6.45, 7) is 2.21. The van der Waals surface area contributed by atoms with Gasteiger partial charge in [-0.05, 0) is 104 Å². The van der Waals surface area contributed by atoms with Crippen molar-refractivity contribution in [1.82, 2.24) is 0 Å². The zero-order valence-electron chi connectivity index (χ0n) is 17.7. The van der Waals surface area contributed by atoms with Crippen molar-refractivity contribution in [2.24, 2.45) is 46.3 Å². The fraction of sp³-hybridized carbons (Fsp3) is 1.00. The van der Waals surface area contributed by atoms with Crippen LogP contribution in [0.2, 0.25) is 0 Å². The maximum atomic E-state index is 12.6. The second-order valence-corrected chi connectivity index (χ2v) is 15.7. The summed E-state index contributed by atoms with van der Waals surface area (Å²) in [5.41, 5.74) is -0.539. The van der Waals surface area contributed by atoms with Crippen LogP contribution >= 0.6 is 0 Å². The lowest BCUT2D eigenvalue weighted by Gasteiger charge is -2.60. The molecule has 0 aromatic carbocycles. The Bertz CT molecular complexity index is 991. The molecule has 6 fully saturated rings. The van der Waals surface area contributed by atoms with Gasteiger partial charge in [0.1, 0.15) is 0 Å². The summed E-state index contributed by atoms with van der Waals surface area (Å²) in [4.78, 5) is 0. The molecule has 170 valence electrons. The average molecular weight is 459 g/mol. The van der Waals surface area contributed by atoms with E-state index in [0.29, 0.717) is 49.4 Å². The van der Waals surface area contributed by atoms with E-state index in [9.17, 15) is 25.9 Å². The van der Waals surface area contributed by atoms with E-state index in [-0.39, 0.29) is 22.7 Å². The highest BCUT2D eigenvalue weighted by atomic mass is 32.2. The molecule has 0 aliphatic heterocycles. The van der Waals surface area contributed by atoms with Gasteiger partial charge in [-0.15, -0.1) is 0 Å². The van der Waals surface area contributed by atoms with Gasteiger partial charge in [0.25, 0.3) is 20.2 Å². The molecule has 9 unspecified atom stereocenters. The van der Waals surface area contributed by atoms with Crippen molar-refractivity contribution in [3.63, 3.8) is 0 Å². The maximum absolute atomic E-state index is 12.6. The van der Waals surface area contributed by atoms with Crippen LogP contribution in [0, 0.1) is 46.3 Å². The summed E-state index contributed by atoms with van der Waals surface area (Å²) in [6, 6.07) is 0. The number of rotatable bonds is 3. The van der Waals surface area contributed by atoms with Gasteiger partial charge in [-0.2, -0.15) is 16.8 Å². The van der Waals surface area contributed by atoms with Gasteiger partial charge in [-0.1, -0.05) is 19.8 Å². The third-order valence-electron chi connectivity index (χ3n) is 11.2. The summed E-state index contributed by atoms with van der Waals surface area (Å²) < 4.78 is 69.3. The van der Waals surface area contributed by atoms with Gasteiger partial charge in [-0.25, -0.2) is 0 Å². The molecule has 0 spiro atoms. The minimum atomic E-state index is -4.18. The fourth-order valence-corrected chi connectivity index (χ4v) is 13.3. The molecule has 6 bridgehead atoms. The van der Waals surface area contributed by atoms with Gasteiger partial charge in [-0.3, -0.25) is 9.11 Å². The number of hydrogen-bond acceptors (Lipinski definition) is 4. The van der Waals surface area contributed by atoms with Gasteiger partial charge in [0, 0.05) is 0 Å². The zero-order chi connectivity index (χ0) is 21.3. The van der Waals surface area contributed by atoms with Crippen LogP contribution in [0.5, 0.6) is 0 Å². The van der Waals surface area contributed by atoms with E-state index in [1.54, 1.807) is 0 Å². The first-order valence-corrected chi connectivity index (χ1v) is 14.8. The minimum absolute atomic E-state index is 0.0144. The monoisotopic (exact) mass is 458 g/mol. The first-order chi connectivity index (χ1) is 13.9. The second-order valence-electron chi connectivity index (χ2n) is 12.3. The number of fused-ring (bicyclic) bond motifs is 11. The molecule has 0 heterocycles. The lowest BCUT2D eigenvalue weighted by molar-refractivity contribution is -0.0847. The summed E-state index contributed by atoms with van der Waals surface area (Å²) in [7, 11) is -8.31. The Labute approximate surface area is 180 Å². The fourth-order valence-electron chi connectivity index (χ4n) is 10.7. The van der Waals surface area contributed by atoms with Crippen molar-refractivity contribution in [1.29, 1.82) is 0 Å². The van der Waals surface area contributed by atoms with Crippen LogP contribution in [0.15, 0.2) is 0 Å². The highest BCUT2D eigenvalue weighted by Crippen LogP contribution is 2.79. The molecule has 0 saturated heterocycles. The molecule has 6 aliphatic rings. The molecule has 2 N–H and O–H groups in total. The van der Waals surface area contributed by atoms with E-state index in [1.807, 2.05) is 0 Å². The van der Waals surface area contributed by atoms with Crippen LogP contribution < -0.4 is 0 Å². The van der Waals surface area contributed by atoms with E-state index in [1.165, 1.54) is 19.3 Å². The van der Waals surface area contributed by atoms with Gasteiger partial charge >= 0.3 is 0 Å². The van der Waals surface area contributed by atoms with Crippen LogP contribution in [0.4, 0.5) is 0 Å². The van der Waals surface area contributed by atoms with E-state index < -0.39 is 30.2 Å². The molecule has 0 aromatic rings. The first kappa shape index (κ1) is 20.4. The van der Waals surface area contributed by atoms with Crippen LogP contribution in [0.3, 0.4) is 0 Å². The smallest absolute Gasteiger partial charge is 0.270 e. The van der Waals surface area contributed by atoms with Crippen molar-refractivity contribution in [3.8, 4) is 0 Å². The Kier molecular flexibility index (Phi) is 3.97. The predicted octanol–water partition coefficient (Wildman–Crippen LogP) is 3.93.